The average Bonchev–Trinajstić information content (AvgIpc) is 2.55. The number of unbranched alkanes of at least 4 members (excludes halogenated alkanes) is 2. The molecule has 2 N–H and O–H groups in total. The molecule has 0 saturated carbocycles. The third kappa shape index (κ3) is 5.21. The molecule has 0 aliphatic rings. The zero-order valence-corrected chi connectivity index (χ0v) is 13.7. The Bertz CT molecular complexity index is 661. The van der Waals surface area contributed by atoms with Gasteiger partial charge in [0.05, 0.1) is 16.9 Å². The maximum absolute atomic E-state index is 13.1. The fraction of sp³-hybridized carbons (Fsp3) is 0.294. The van der Waals surface area contributed by atoms with Crippen LogP contribution in [0.1, 0.15) is 36.7 Å². The number of anilines is 2. The van der Waals surface area contributed by atoms with Crippen molar-refractivity contribution in [3.05, 3.63) is 53.1 Å². The van der Waals surface area contributed by atoms with Crippen molar-refractivity contribution in [1.29, 1.82) is 0 Å². The predicted molar refractivity (Wildman–Crippen MR) is 91.6 cm³/mol. The van der Waals surface area contributed by atoms with E-state index in [1.165, 1.54) is 31.0 Å². The number of pyridine rings is 1. The molecule has 2 aromatic rings. The van der Waals surface area contributed by atoms with Crippen molar-refractivity contribution in [2.75, 3.05) is 17.2 Å². The number of carbonyl (C=O) groups excluding carboxylic acids is 1. The van der Waals surface area contributed by atoms with Crippen molar-refractivity contribution in [3.63, 3.8) is 0 Å². The molecule has 0 aliphatic carbocycles. The quantitative estimate of drug-likeness (QED) is 0.719. The molecular formula is C17H19ClFN3O. The smallest absolute Gasteiger partial charge is 0.274 e. The summed E-state index contributed by atoms with van der Waals surface area (Å²) >= 11 is 5.68. The first-order chi connectivity index (χ1) is 11.1. The lowest BCUT2D eigenvalue weighted by molar-refractivity contribution is 0.102. The molecule has 122 valence electrons. The number of rotatable bonds is 7. The van der Waals surface area contributed by atoms with Gasteiger partial charge in [-0.05, 0) is 36.8 Å². The summed E-state index contributed by atoms with van der Waals surface area (Å²) < 4.78 is 13.1. The number of aromatic nitrogens is 1. The van der Waals surface area contributed by atoms with Gasteiger partial charge < -0.3 is 10.6 Å². The normalized spacial score (nSPS) is 10.4. The van der Waals surface area contributed by atoms with Crippen LogP contribution in [0.25, 0.3) is 0 Å². The molecule has 0 aliphatic heterocycles. The lowest BCUT2D eigenvalue weighted by Gasteiger charge is -2.08. The van der Waals surface area contributed by atoms with E-state index in [1.807, 2.05) is 6.07 Å². The van der Waals surface area contributed by atoms with E-state index in [-0.39, 0.29) is 16.6 Å². The molecule has 0 saturated heterocycles. The van der Waals surface area contributed by atoms with Crippen molar-refractivity contribution in [1.82, 2.24) is 4.98 Å². The van der Waals surface area contributed by atoms with E-state index < -0.39 is 5.82 Å². The van der Waals surface area contributed by atoms with Crippen LogP contribution in [0.2, 0.25) is 5.02 Å². The highest BCUT2D eigenvalue weighted by Gasteiger charge is 2.09. The van der Waals surface area contributed by atoms with Crippen LogP contribution < -0.4 is 10.6 Å². The second-order valence-electron chi connectivity index (χ2n) is 5.15. The van der Waals surface area contributed by atoms with Crippen LogP contribution in [0.5, 0.6) is 0 Å². The topological polar surface area (TPSA) is 54.0 Å². The van der Waals surface area contributed by atoms with Crippen molar-refractivity contribution in [2.45, 2.75) is 26.2 Å². The number of hydrogen-bond acceptors (Lipinski definition) is 3. The molecule has 4 nitrogen and oxygen atoms in total. The SMILES string of the molecule is CCCCCNc1ccc(C(=O)Nc2ccc(F)c(Cl)c2)nc1. The van der Waals surface area contributed by atoms with E-state index in [4.69, 9.17) is 11.6 Å². The number of benzene rings is 1. The largest absolute Gasteiger partial charge is 0.384 e. The summed E-state index contributed by atoms with van der Waals surface area (Å²) in [5.74, 6) is -0.897. The average molecular weight is 336 g/mol. The molecule has 1 amide bonds. The number of nitrogens with zero attached hydrogens (tertiary/aromatic N) is 1. The van der Waals surface area contributed by atoms with Crippen molar-refractivity contribution in [2.24, 2.45) is 0 Å². The Morgan fingerprint density at radius 3 is 2.65 bits per heavy atom. The first-order valence-corrected chi connectivity index (χ1v) is 7.94. The minimum Gasteiger partial charge on any atom is -0.384 e. The Morgan fingerprint density at radius 1 is 1.22 bits per heavy atom. The van der Waals surface area contributed by atoms with Gasteiger partial charge in [0.2, 0.25) is 0 Å². The van der Waals surface area contributed by atoms with E-state index in [0.717, 1.165) is 18.7 Å². The Kier molecular flexibility index (Phi) is 6.35. The minimum absolute atomic E-state index is 0.0395. The van der Waals surface area contributed by atoms with Gasteiger partial charge in [-0.25, -0.2) is 9.37 Å². The zero-order valence-electron chi connectivity index (χ0n) is 12.9. The Morgan fingerprint density at radius 2 is 2.00 bits per heavy atom. The van der Waals surface area contributed by atoms with Crippen LogP contribution >= 0.6 is 11.6 Å². The highest BCUT2D eigenvalue weighted by atomic mass is 35.5. The number of nitrogens with one attached hydrogen (secondary N) is 2. The van der Waals surface area contributed by atoms with Crippen LogP contribution in [0.4, 0.5) is 15.8 Å². The maximum Gasteiger partial charge on any atom is 0.274 e. The molecule has 1 aromatic carbocycles. The van der Waals surface area contributed by atoms with Crippen LogP contribution in [-0.4, -0.2) is 17.4 Å². The maximum atomic E-state index is 13.1. The van der Waals surface area contributed by atoms with E-state index in [0.29, 0.717) is 5.69 Å². The summed E-state index contributed by atoms with van der Waals surface area (Å²) in [7, 11) is 0. The summed E-state index contributed by atoms with van der Waals surface area (Å²) in [6, 6.07) is 7.46. The first kappa shape index (κ1) is 17.2. The first-order valence-electron chi connectivity index (χ1n) is 7.56. The summed E-state index contributed by atoms with van der Waals surface area (Å²) in [4.78, 5) is 16.2. The fourth-order valence-corrected chi connectivity index (χ4v) is 2.19. The van der Waals surface area contributed by atoms with E-state index in [2.05, 4.69) is 22.5 Å². The molecule has 1 heterocycles. The third-order valence-electron chi connectivity index (χ3n) is 3.28. The Balaban J connectivity index is 1.93. The number of halogens is 2. The highest BCUT2D eigenvalue weighted by molar-refractivity contribution is 6.31. The van der Waals surface area contributed by atoms with Gasteiger partial charge in [0, 0.05) is 12.2 Å². The number of amides is 1. The van der Waals surface area contributed by atoms with Gasteiger partial charge >= 0.3 is 0 Å². The van der Waals surface area contributed by atoms with Gasteiger partial charge in [0.15, 0.2) is 0 Å². The molecule has 23 heavy (non-hydrogen) atoms. The molecule has 0 fully saturated rings. The van der Waals surface area contributed by atoms with Gasteiger partial charge in [-0.15, -0.1) is 0 Å². The molecule has 0 spiro atoms. The van der Waals surface area contributed by atoms with Crippen LogP contribution in [-0.2, 0) is 0 Å². The summed E-state index contributed by atoms with van der Waals surface area (Å²) in [5.41, 5.74) is 1.58. The van der Waals surface area contributed by atoms with Crippen LogP contribution in [0.3, 0.4) is 0 Å². The molecule has 0 bridgehead atoms. The highest BCUT2D eigenvalue weighted by Crippen LogP contribution is 2.19. The van der Waals surface area contributed by atoms with E-state index >= 15 is 0 Å². The lowest BCUT2D eigenvalue weighted by atomic mass is 10.2. The molecule has 0 atom stereocenters. The van der Waals surface area contributed by atoms with Crippen molar-refractivity contribution < 1.29 is 9.18 Å². The molecule has 6 heteroatoms. The van der Waals surface area contributed by atoms with Crippen LogP contribution in [0, 0.1) is 5.82 Å². The monoisotopic (exact) mass is 335 g/mol. The van der Waals surface area contributed by atoms with Gasteiger partial charge in [-0.3, -0.25) is 4.79 Å². The molecule has 0 unspecified atom stereocenters. The second kappa shape index (κ2) is 8.48. The lowest BCUT2D eigenvalue weighted by Crippen LogP contribution is -2.14. The van der Waals surface area contributed by atoms with Crippen molar-refractivity contribution in [3.8, 4) is 0 Å². The van der Waals surface area contributed by atoms with Crippen molar-refractivity contribution >= 4 is 28.9 Å². The van der Waals surface area contributed by atoms with E-state index in [9.17, 15) is 9.18 Å². The number of carbonyl (C=O) groups is 1. The molecule has 0 radical (unpaired) electrons. The Hall–Kier alpha value is -2.14. The molecular weight excluding hydrogens is 317 g/mol. The van der Waals surface area contributed by atoms with E-state index in [1.54, 1.807) is 12.3 Å². The minimum atomic E-state index is -0.527. The van der Waals surface area contributed by atoms with Gasteiger partial charge in [0.1, 0.15) is 11.5 Å². The fourth-order valence-electron chi connectivity index (χ4n) is 2.01. The number of hydrogen-bond donors (Lipinski definition) is 2. The Labute approximate surface area is 140 Å². The van der Waals surface area contributed by atoms with Crippen LogP contribution in [0.15, 0.2) is 36.5 Å². The zero-order chi connectivity index (χ0) is 16.7. The summed E-state index contributed by atoms with van der Waals surface area (Å²) in [5, 5.41) is 5.85. The molecule has 1 aromatic heterocycles. The van der Waals surface area contributed by atoms with Gasteiger partial charge in [0.25, 0.3) is 5.91 Å². The second-order valence-corrected chi connectivity index (χ2v) is 5.56. The summed E-state index contributed by atoms with van der Waals surface area (Å²) in [6.07, 6.45) is 5.08. The van der Waals surface area contributed by atoms with Gasteiger partial charge in [-0.2, -0.15) is 0 Å². The standard InChI is InChI=1S/C17H19ClFN3O/c1-2-3-4-9-20-13-6-8-16(21-11-13)17(23)22-12-5-7-15(19)14(18)10-12/h5-8,10-11,20H,2-4,9H2,1H3,(H,22,23). The molecule has 2 rings (SSSR count). The predicted octanol–water partition coefficient (Wildman–Crippen LogP) is 4.73. The summed E-state index contributed by atoms with van der Waals surface area (Å²) in [6.45, 7) is 3.04. The van der Waals surface area contributed by atoms with Gasteiger partial charge in [-0.1, -0.05) is 31.4 Å². The third-order valence-corrected chi connectivity index (χ3v) is 3.57.